The van der Waals surface area contributed by atoms with Crippen LogP contribution in [0.1, 0.15) is 12.8 Å². The lowest BCUT2D eigenvalue weighted by Gasteiger charge is -2.35. The highest BCUT2D eigenvalue weighted by Crippen LogP contribution is 2.15. The Balaban J connectivity index is 1.87. The Bertz CT molecular complexity index is 538. The first kappa shape index (κ1) is 16.2. The quantitative estimate of drug-likeness (QED) is 0.692. The second-order valence-electron chi connectivity index (χ2n) is 5.22. The highest BCUT2D eigenvalue weighted by molar-refractivity contribution is 7.89. The van der Waals surface area contributed by atoms with Gasteiger partial charge in [-0.2, -0.15) is 0 Å². The maximum Gasteiger partial charge on any atom is 0.239 e. The third kappa shape index (κ3) is 4.63. The zero-order valence-electron chi connectivity index (χ0n) is 12.1. The Hall–Kier alpha value is -1.22. The van der Waals surface area contributed by atoms with Gasteiger partial charge >= 0.3 is 0 Å². The van der Waals surface area contributed by atoms with E-state index in [1.807, 2.05) is 0 Å². The van der Waals surface area contributed by atoms with Gasteiger partial charge in [0.2, 0.25) is 10.0 Å². The van der Waals surface area contributed by atoms with Crippen molar-refractivity contribution >= 4 is 15.8 Å². The summed E-state index contributed by atoms with van der Waals surface area (Å²) in [5.74, 6) is 0.795. The van der Waals surface area contributed by atoms with Gasteiger partial charge in [-0.3, -0.25) is 4.90 Å². The van der Waals surface area contributed by atoms with Gasteiger partial charge in [-0.15, -0.1) is 0 Å². The average molecular weight is 313 g/mol. The summed E-state index contributed by atoms with van der Waals surface area (Å²) < 4.78 is 22.4. The second-order valence-corrected chi connectivity index (χ2v) is 6.78. The van der Waals surface area contributed by atoms with Crippen molar-refractivity contribution in [1.29, 1.82) is 0 Å². The van der Waals surface area contributed by atoms with Crippen LogP contribution >= 0.6 is 0 Å². The van der Waals surface area contributed by atoms with E-state index < -0.39 is 10.0 Å². The van der Waals surface area contributed by atoms with Crippen LogP contribution in [0.2, 0.25) is 0 Å². The number of rotatable bonds is 6. The molecule has 1 fully saturated rings. The number of hydrogen-bond donors (Lipinski definition) is 2. The third-order valence-corrected chi connectivity index (χ3v) is 4.57. The Labute approximate surface area is 126 Å². The first-order chi connectivity index (χ1) is 10.0. The topological polar surface area (TPSA) is 106 Å². The Morgan fingerprint density at radius 3 is 2.38 bits per heavy atom. The molecule has 0 aromatic carbocycles. The van der Waals surface area contributed by atoms with E-state index in [0.717, 1.165) is 57.9 Å². The van der Waals surface area contributed by atoms with E-state index >= 15 is 0 Å². The van der Waals surface area contributed by atoms with Crippen molar-refractivity contribution < 1.29 is 8.42 Å². The molecular weight excluding hydrogens is 290 g/mol. The summed E-state index contributed by atoms with van der Waals surface area (Å²) in [6.45, 7) is 5.60. The summed E-state index contributed by atoms with van der Waals surface area (Å²) in [6, 6.07) is 3.22. The predicted molar refractivity (Wildman–Crippen MR) is 82.6 cm³/mol. The summed E-state index contributed by atoms with van der Waals surface area (Å²) >= 11 is 0. The number of pyridine rings is 1. The highest BCUT2D eigenvalue weighted by atomic mass is 32.2. The van der Waals surface area contributed by atoms with Gasteiger partial charge in [-0.25, -0.2) is 18.5 Å². The fourth-order valence-electron chi connectivity index (χ4n) is 2.41. The molecule has 21 heavy (non-hydrogen) atoms. The average Bonchev–Trinajstić information content (AvgIpc) is 2.48. The summed E-state index contributed by atoms with van der Waals surface area (Å²) in [6.07, 6.45) is 3.52. The van der Waals surface area contributed by atoms with Gasteiger partial charge in [0.15, 0.2) is 0 Å². The third-order valence-electron chi connectivity index (χ3n) is 3.67. The second kappa shape index (κ2) is 7.17. The molecule has 2 rings (SSSR count). The predicted octanol–water partition coefficient (Wildman–Crippen LogP) is -0.410. The number of piperazine rings is 1. The van der Waals surface area contributed by atoms with Crippen LogP contribution in [-0.2, 0) is 10.0 Å². The minimum absolute atomic E-state index is 0.0478. The van der Waals surface area contributed by atoms with Crippen molar-refractivity contribution in [3.8, 4) is 0 Å². The zero-order chi connectivity index (χ0) is 15.3. The molecule has 4 N–H and O–H groups in total. The fourth-order valence-corrected chi connectivity index (χ4v) is 2.87. The molecule has 0 spiro atoms. The van der Waals surface area contributed by atoms with Crippen LogP contribution in [0, 0.1) is 0 Å². The van der Waals surface area contributed by atoms with E-state index in [0.29, 0.717) is 0 Å². The van der Waals surface area contributed by atoms with Crippen LogP contribution in [-0.4, -0.2) is 57.6 Å². The summed E-state index contributed by atoms with van der Waals surface area (Å²) in [5, 5.41) is 5.06. The number of primary sulfonamides is 1. The zero-order valence-corrected chi connectivity index (χ0v) is 12.9. The Kier molecular flexibility index (Phi) is 5.51. The number of nitrogens with zero attached hydrogens (tertiary/aromatic N) is 3. The van der Waals surface area contributed by atoms with Crippen LogP contribution in [0.3, 0.4) is 0 Å². The van der Waals surface area contributed by atoms with Crippen LogP contribution in [0.15, 0.2) is 23.2 Å². The molecule has 0 amide bonds. The monoisotopic (exact) mass is 313 g/mol. The molecule has 118 valence electrons. The van der Waals surface area contributed by atoms with Gasteiger partial charge in [0.1, 0.15) is 10.7 Å². The van der Waals surface area contributed by atoms with Crippen molar-refractivity contribution in [3.63, 3.8) is 0 Å². The molecule has 2 heterocycles. The maximum atomic E-state index is 11.2. The standard InChI is InChI=1S/C13H23N5O2S/c14-5-1-2-6-17-7-9-18(10-8-17)13-4-3-12(11-16-13)21(15,19)20/h3-4,11H,1-2,5-10,14H2,(H2,15,19,20). The molecule has 0 radical (unpaired) electrons. The smallest absolute Gasteiger partial charge is 0.239 e. The van der Waals surface area contributed by atoms with E-state index in [1.165, 1.54) is 12.3 Å². The van der Waals surface area contributed by atoms with Crippen molar-refractivity contribution in [1.82, 2.24) is 9.88 Å². The first-order valence-corrected chi connectivity index (χ1v) is 8.71. The fraction of sp³-hybridized carbons (Fsp3) is 0.615. The molecule has 1 aromatic heterocycles. The molecule has 7 nitrogen and oxygen atoms in total. The molecule has 8 heteroatoms. The van der Waals surface area contributed by atoms with Crippen LogP contribution in [0.25, 0.3) is 0 Å². The number of unbranched alkanes of at least 4 members (excludes halogenated alkanes) is 1. The van der Waals surface area contributed by atoms with Crippen molar-refractivity contribution in [2.24, 2.45) is 10.9 Å². The lowest BCUT2D eigenvalue weighted by atomic mass is 10.2. The normalized spacial score (nSPS) is 17.1. The number of aromatic nitrogens is 1. The van der Waals surface area contributed by atoms with Crippen molar-refractivity contribution in [2.45, 2.75) is 17.7 Å². The molecule has 1 aliphatic heterocycles. The van der Waals surface area contributed by atoms with Gasteiger partial charge in [0.25, 0.3) is 0 Å². The van der Waals surface area contributed by atoms with Gasteiger partial charge in [-0.05, 0) is 38.1 Å². The number of sulfonamides is 1. The molecule has 0 bridgehead atoms. The van der Waals surface area contributed by atoms with E-state index in [-0.39, 0.29) is 4.90 Å². The van der Waals surface area contributed by atoms with Crippen LogP contribution in [0.4, 0.5) is 5.82 Å². The summed E-state index contributed by atoms with van der Waals surface area (Å²) in [7, 11) is -3.67. The molecule has 1 aromatic rings. The Morgan fingerprint density at radius 1 is 1.14 bits per heavy atom. The lowest BCUT2D eigenvalue weighted by Crippen LogP contribution is -2.47. The number of hydrogen-bond acceptors (Lipinski definition) is 6. The molecule has 1 saturated heterocycles. The lowest BCUT2D eigenvalue weighted by molar-refractivity contribution is 0.253. The first-order valence-electron chi connectivity index (χ1n) is 7.17. The summed E-state index contributed by atoms with van der Waals surface area (Å²) in [4.78, 5) is 8.83. The van der Waals surface area contributed by atoms with Crippen molar-refractivity contribution in [3.05, 3.63) is 18.3 Å². The van der Waals surface area contributed by atoms with Crippen LogP contribution < -0.4 is 15.8 Å². The largest absolute Gasteiger partial charge is 0.354 e. The molecule has 0 saturated carbocycles. The molecule has 0 aliphatic carbocycles. The Morgan fingerprint density at radius 2 is 1.86 bits per heavy atom. The molecular formula is C13H23N5O2S. The minimum Gasteiger partial charge on any atom is -0.354 e. The minimum atomic E-state index is -3.67. The van der Waals surface area contributed by atoms with E-state index in [1.54, 1.807) is 6.07 Å². The van der Waals surface area contributed by atoms with Crippen molar-refractivity contribution in [2.75, 3.05) is 44.2 Å². The van der Waals surface area contributed by atoms with Gasteiger partial charge < -0.3 is 10.6 Å². The number of nitrogens with two attached hydrogens (primary N) is 2. The van der Waals surface area contributed by atoms with E-state index in [4.69, 9.17) is 10.9 Å². The highest BCUT2D eigenvalue weighted by Gasteiger charge is 2.18. The number of anilines is 1. The molecule has 0 unspecified atom stereocenters. The van der Waals surface area contributed by atoms with E-state index in [9.17, 15) is 8.42 Å². The van der Waals surface area contributed by atoms with Gasteiger partial charge in [0, 0.05) is 32.4 Å². The summed E-state index contributed by atoms with van der Waals surface area (Å²) in [5.41, 5.74) is 5.50. The van der Waals surface area contributed by atoms with E-state index in [2.05, 4.69) is 14.8 Å². The molecule has 0 atom stereocenters. The molecule has 1 aliphatic rings. The van der Waals surface area contributed by atoms with Gasteiger partial charge in [-0.1, -0.05) is 0 Å². The van der Waals surface area contributed by atoms with Crippen LogP contribution in [0.5, 0.6) is 0 Å². The maximum absolute atomic E-state index is 11.2. The SMILES string of the molecule is NCCCCN1CCN(c2ccc(S(N)(=O)=O)cn2)CC1. The van der Waals surface area contributed by atoms with Gasteiger partial charge in [0.05, 0.1) is 0 Å².